The quantitative estimate of drug-likeness (QED) is 0.112. The fourth-order valence-corrected chi connectivity index (χ4v) is 8.11. The number of carbonyl (C=O) groups is 4. The summed E-state index contributed by atoms with van der Waals surface area (Å²) in [6.45, 7) is 14.9. The number of hydrogen-bond donors (Lipinski definition) is 4. The van der Waals surface area contributed by atoms with Crippen molar-refractivity contribution in [3.63, 3.8) is 0 Å². The average molecular weight is 797 g/mol. The van der Waals surface area contributed by atoms with Gasteiger partial charge < -0.3 is 35.6 Å². The second-order valence-electron chi connectivity index (χ2n) is 15.9. The van der Waals surface area contributed by atoms with E-state index in [1.54, 1.807) is 6.92 Å². The Morgan fingerprint density at radius 1 is 0.931 bits per heavy atom. The Hall–Kier alpha value is -5.39. The van der Waals surface area contributed by atoms with Gasteiger partial charge in [0.2, 0.25) is 5.91 Å². The number of carboxylic acid groups (broad SMARTS) is 1. The van der Waals surface area contributed by atoms with Crippen molar-refractivity contribution in [2.24, 2.45) is 11.8 Å². The summed E-state index contributed by atoms with van der Waals surface area (Å²) in [5.41, 5.74) is 4.99. The number of ether oxygens (including phenoxy) is 1. The SMILES string of the molecule is CCCN(CCCC(=O)NCCNC(=O)C1(C)CCc2c(C)c(O)c(C)c(C)c2O1)c1ccc(C2=C([O-])C(C3C=CC(=[N+](CCC)CCCC(=O)O)C=C3)C2=O)cc1. The Labute approximate surface area is 342 Å². The van der Waals surface area contributed by atoms with E-state index in [2.05, 4.69) is 34.0 Å². The van der Waals surface area contributed by atoms with Crippen LogP contribution in [0.15, 0.2) is 54.3 Å². The minimum absolute atomic E-state index is 0.102. The van der Waals surface area contributed by atoms with E-state index in [9.17, 15) is 29.4 Å². The molecule has 2 aliphatic carbocycles. The van der Waals surface area contributed by atoms with Gasteiger partial charge in [0.1, 0.15) is 24.6 Å². The zero-order chi connectivity index (χ0) is 42.1. The summed E-state index contributed by atoms with van der Waals surface area (Å²) in [5.74, 6) is -1.60. The lowest BCUT2D eigenvalue weighted by molar-refractivity contribution is -0.527. The number of aliphatic carboxylic acids is 1. The molecule has 2 atom stereocenters. The highest BCUT2D eigenvalue weighted by molar-refractivity contribution is 6.29. The summed E-state index contributed by atoms with van der Waals surface area (Å²) in [6.07, 6.45) is 12.2. The molecule has 0 fully saturated rings. The lowest BCUT2D eigenvalue weighted by atomic mass is 9.71. The van der Waals surface area contributed by atoms with Crippen LogP contribution in [0.2, 0.25) is 0 Å². The Morgan fingerprint density at radius 3 is 2.26 bits per heavy atom. The second kappa shape index (κ2) is 19.4. The van der Waals surface area contributed by atoms with Crippen LogP contribution in [0, 0.1) is 32.6 Å². The molecule has 0 spiro atoms. The van der Waals surface area contributed by atoms with Crippen molar-refractivity contribution in [2.75, 3.05) is 44.2 Å². The van der Waals surface area contributed by atoms with Gasteiger partial charge in [-0.05, 0) is 81.3 Å². The van der Waals surface area contributed by atoms with E-state index in [4.69, 9.17) is 9.84 Å². The van der Waals surface area contributed by atoms with Crippen LogP contribution in [0.3, 0.4) is 0 Å². The van der Waals surface area contributed by atoms with Gasteiger partial charge in [0, 0.05) is 92.7 Å². The molecule has 2 amide bonds. The predicted octanol–water partition coefficient (Wildman–Crippen LogP) is 5.07. The monoisotopic (exact) mass is 796 g/mol. The molecule has 3 aliphatic rings. The van der Waals surface area contributed by atoms with Gasteiger partial charge in [-0.3, -0.25) is 19.2 Å². The molecule has 0 saturated heterocycles. The number of hydrogen-bond acceptors (Lipinski definition) is 8. The summed E-state index contributed by atoms with van der Waals surface area (Å²) >= 11 is 0. The first-order chi connectivity index (χ1) is 27.7. The molecular weight excluding hydrogens is 737 g/mol. The first kappa shape index (κ1) is 43.7. The third-order valence-electron chi connectivity index (χ3n) is 11.7. The van der Waals surface area contributed by atoms with E-state index < -0.39 is 17.5 Å². The van der Waals surface area contributed by atoms with E-state index in [1.807, 2.05) is 69.3 Å². The van der Waals surface area contributed by atoms with Crippen molar-refractivity contribution in [2.45, 2.75) is 98.5 Å². The number of phenolic OH excluding ortho intramolecular Hbond substituents is 1. The number of nitrogens with one attached hydrogen (secondary N) is 2. The van der Waals surface area contributed by atoms with Gasteiger partial charge in [-0.25, -0.2) is 4.58 Å². The molecule has 0 bridgehead atoms. The van der Waals surface area contributed by atoms with Crippen LogP contribution in [-0.2, 0) is 25.6 Å². The van der Waals surface area contributed by atoms with E-state index >= 15 is 0 Å². The maximum Gasteiger partial charge on any atom is 0.303 e. The molecule has 1 aliphatic heterocycles. The number of aromatic hydroxyl groups is 1. The van der Waals surface area contributed by atoms with Gasteiger partial charge in [0.05, 0.1) is 6.42 Å². The summed E-state index contributed by atoms with van der Waals surface area (Å²) in [4.78, 5) is 52.4. The maximum atomic E-state index is 13.3. The van der Waals surface area contributed by atoms with Gasteiger partial charge >= 0.3 is 5.97 Å². The van der Waals surface area contributed by atoms with Crippen LogP contribution in [0.5, 0.6) is 11.5 Å². The molecule has 0 saturated carbocycles. The molecule has 12 nitrogen and oxygen atoms in total. The van der Waals surface area contributed by atoms with Crippen LogP contribution < -0.4 is 25.4 Å². The number of amides is 2. The molecule has 2 aromatic rings. The average Bonchev–Trinajstić information content (AvgIpc) is 3.20. The van der Waals surface area contributed by atoms with Crippen molar-refractivity contribution in [1.82, 2.24) is 10.6 Å². The minimum Gasteiger partial charge on any atom is -0.874 e. The van der Waals surface area contributed by atoms with E-state index in [1.165, 1.54) is 0 Å². The van der Waals surface area contributed by atoms with E-state index in [0.29, 0.717) is 63.1 Å². The van der Waals surface area contributed by atoms with Gasteiger partial charge in [0.25, 0.3) is 5.91 Å². The van der Waals surface area contributed by atoms with Gasteiger partial charge in [-0.15, -0.1) is 5.76 Å². The van der Waals surface area contributed by atoms with Crippen molar-refractivity contribution < 1.29 is 43.8 Å². The summed E-state index contributed by atoms with van der Waals surface area (Å²) in [7, 11) is 0. The van der Waals surface area contributed by atoms with Crippen LogP contribution in [0.4, 0.5) is 5.69 Å². The molecule has 58 heavy (non-hydrogen) atoms. The van der Waals surface area contributed by atoms with Crippen LogP contribution in [0.25, 0.3) is 5.57 Å². The van der Waals surface area contributed by atoms with E-state index in [-0.39, 0.29) is 53.6 Å². The normalized spacial score (nSPS) is 19.6. The van der Waals surface area contributed by atoms with Crippen molar-refractivity contribution in [1.29, 1.82) is 0 Å². The Bertz CT molecular complexity index is 2000. The van der Waals surface area contributed by atoms with Crippen molar-refractivity contribution >= 4 is 40.5 Å². The zero-order valence-electron chi connectivity index (χ0n) is 34.9. The second-order valence-corrected chi connectivity index (χ2v) is 15.9. The predicted molar refractivity (Wildman–Crippen MR) is 223 cm³/mol. The highest BCUT2D eigenvalue weighted by Crippen LogP contribution is 2.44. The van der Waals surface area contributed by atoms with Gasteiger partial charge in [-0.1, -0.05) is 38.1 Å². The number of ketones is 1. The van der Waals surface area contributed by atoms with Gasteiger partial charge in [-0.2, -0.15) is 0 Å². The number of allylic oxidation sites excluding steroid dienone is 6. The Balaban J connectivity index is 1.08. The number of phenols is 1. The fraction of sp³-hybridized carbons (Fsp3) is 0.500. The third kappa shape index (κ3) is 9.82. The first-order valence-electron chi connectivity index (χ1n) is 20.8. The lowest BCUT2D eigenvalue weighted by Gasteiger charge is -2.40. The minimum atomic E-state index is -1.05. The molecule has 12 heteroatoms. The molecule has 1 heterocycles. The number of benzene rings is 2. The van der Waals surface area contributed by atoms with Crippen molar-refractivity contribution in [3.05, 3.63) is 82.1 Å². The number of rotatable bonds is 19. The summed E-state index contributed by atoms with van der Waals surface area (Å²) in [6, 6.07) is 7.49. The largest absolute Gasteiger partial charge is 0.874 e. The van der Waals surface area contributed by atoms with Gasteiger partial charge in [0.15, 0.2) is 17.1 Å². The Kier molecular flexibility index (Phi) is 14.6. The standard InChI is InChI=1S/C46H60N4O8/c1-7-25-49(27-9-11-37(51)47-23-24-48-45(57)46(6)22-21-36-31(5)41(54)29(3)30(4)44(36)58-46)34-17-13-32(14-18-34)39-42(55)40(43(39)56)33-15-19-35(20-16-33)50(26-8-2)28-10-12-38(52)53/h13-20,33,40H,7-12,21-28H2,1-6H3,(H4-,47,48,51,52,53,54,55,56,57). The summed E-state index contributed by atoms with van der Waals surface area (Å²) < 4.78 is 8.41. The molecule has 312 valence electrons. The van der Waals surface area contributed by atoms with Crippen LogP contribution in [-0.4, -0.2) is 88.9 Å². The van der Waals surface area contributed by atoms with Crippen LogP contribution >= 0.6 is 0 Å². The number of Topliss-reactive ketones (excluding diaryl/α,β-unsaturated/α-hetero) is 1. The molecule has 0 aromatic heterocycles. The van der Waals surface area contributed by atoms with Crippen molar-refractivity contribution in [3.8, 4) is 11.5 Å². The third-order valence-corrected chi connectivity index (χ3v) is 11.7. The zero-order valence-corrected chi connectivity index (χ0v) is 34.9. The molecular formula is C46H60N4O8. The topological polar surface area (TPSA) is 171 Å². The Morgan fingerprint density at radius 2 is 1.62 bits per heavy atom. The smallest absolute Gasteiger partial charge is 0.303 e. The highest BCUT2D eigenvalue weighted by atomic mass is 16.5. The molecule has 5 rings (SSSR count). The highest BCUT2D eigenvalue weighted by Gasteiger charge is 2.41. The number of carbonyl (C=O) groups excluding carboxylic acids is 3. The molecule has 0 radical (unpaired) electrons. The lowest BCUT2D eigenvalue weighted by Crippen LogP contribution is -2.52. The molecule has 2 aromatic carbocycles. The fourth-order valence-electron chi connectivity index (χ4n) is 8.11. The number of carboxylic acids is 1. The summed E-state index contributed by atoms with van der Waals surface area (Å²) in [5, 5.41) is 38.6. The van der Waals surface area contributed by atoms with E-state index in [0.717, 1.165) is 59.6 Å². The van der Waals surface area contributed by atoms with Crippen LogP contribution in [0.1, 0.15) is 93.5 Å². The first-order valence-corrected chi connectivity index (χ1v) is 20.8. The number of fused-ring (bicyclic) bond motifs is 1. The maximum absolute atomic E-state index is 13.3. The molecule has 4 N–H and O–H groups in total. The number of nitrogens with zero attached hydrogens (tertiary/aromatic N) is 2. The number of anilines is 1. The molecule has 2 unspecified atom stereocenters.